The van der Waals surface area contributed by atoms with Gasteiger partial charge in [-0.05, 0) is 29.2 Å². The summed E-state index contributed by atoms with van der Waals surface area (Å²) < 4.78 is 13.4. The number of hydrogen-bond acceptors (Lipinski definition) is 1. The highest BCUT2D eigenvalue weighted by Crippen LogP contribution is 2.27. The van der Waals surface area contributed by atoms with Gasteiger partial charge in [0.15, 0.2) is 0 Å². The monoisotopic (exact) mass is 256 g/mol. The number of phenolic OH excluding ortho intramolecular Hbond substituents is 1. The van der Waals surface area contributed by atoms with Gasteiger partial charge in [-0.25, -0.2) is 4.39 Å². The molecule has 0 amide bonds. The lowest BCUT2D eigenvalue weighted by Crippen LogP contribution is -1.88. The van der Waals surface area contributed by atoms with Gasteiger partial charge >= 0.3 is 0 Å². The fourth-order valence-electron chi connectivity index (χ4n) is 1.95. The molecule has 0 unspecified atom stereocenters. The molecule has 0 aromatic heterocycles. The third kappa shape index (κ3) is 3.22. The molecule has 2 aromatic carbocycles. The molecule has 0 aliphatic heterocycles. The Morgan fingerprint density at radius 3 is 2.42 bits per heavy atom. The van der Waals surface area contributed by atoms with Crippen molar-refractivity contribution >= 4 is 12.2 Å². The van der Waals surface area contributed by atoms with Crippen molar-refractivity contribution in [1.29, 1.82) is 0 Å². The molecule has 0 aliphatic rings. The van der Waals surface area contributed by atoms with Crippen molar-refractivity contribution in [3.63, 3.8) is 0 Å². The number of aromatic hydroxyl groups is 1. The van der Waals surface area contributed by atoms with Crippen LogP contribution in [0.15, 0.2) is 42.5 Å². The van der Waals surface area contributed by atoms with E-state index in [9.17, 15) is 9.50 Å². The molecular formula is C17H17FO. The standard InChI is InChI=1S/C17H17FO/c1-12(2)15-10-8-13(11-17(15)19)7-9-14-5-3-4-6-16(14)18/h3-12,19H,1-2H3/b9-7-. The molecule has 98 valence electrons. The van der Waals surface area contributed by atoms with E-state index in [4.69, 9.17) is 0 Å². The maximum atomic E-state index is 13.4. The Kier molecular flexibility index (Phi) is 4.00. The van der Waals surface area contributed by atoms with Crippen LogP contribution in [-0.4, -0.2) is 5.11 Å². The van der Waals surface area contributed by atoms with E-state index in [0.29, 0.717) is 5.56 Å². The molecule has 0 atom stereocenters. The van der Waals surface area contributed by atoms with E-state index in [2.05, 4.69) is 0 Å². The molecular weight excluding hydrogens is 239 g/mol. The number of halogens is 1. The number of hydrogen-bond donors (Lipinski definition) is 1. The summed E-state index contributed by atoms with van der Waals surface area (Å²) in [6, 6.07) is 12.1. The topological polar surface area (TPSA) is 20.2 Å². The van der Waals surface area contributed by atoms with Crippen molar-refractivity contribution in [2.45, 2.75) is 19.8 Å². The second-order valence-corrected chi connectivity index (χ2v) is 4.83. The third-order valence-electron chi connectivity index (χ3n) is 3.04. The summed E-state index contributed by atoms with van der Waals surface area (Å²) >= 11 is 0. The predicted octanol–water partition coefficient (Wildman–Crippen LogP) is 4.83. The first-order valence-electron chi connectivity index (χ1n) is 6.33. The first kappa shape index (κ1) is 13.3. The van der Waals surface area contributed by atoms with Crippen molar-refractivity contribution in [2.24, 2.45) is 0 Å². The first-order chi connectivity index (χ1) is 9.08. The predicted molar refractivity (Wildman–Crippen MR) is 77.5 cm³/mol. The summed E-state index contributed by atoms with van der Waals surface area (Å²) in [5.41, 5.74) is 2.31. The van der Waals surface area contributed by atoms with E-state index in [1.54, 1.807) is 36.4 Å². The Labute approximate surface area is 113 Å². The van der Waals surface area contributed by atoms with Gasteiger partial charge < -0.3 is 5.11 Å². The summed E-state index contributed by atoms with van der Waals surface area (Å²) in [5, 5.41) is 9.91. The van der Waals surface area contributed by atoms with Crippen LogP contribution in [0.25, 0.3) is 12.2 Å². The van der Waals surface area contributed by atoms with Crippen molar-refractivity contribution in [1.82, 2.24) is 0 Å². The lowest BCUT2D eigenvalue weighted by atomic mass is 10.00. The Morgan fingerprint density at radius 1 is 1.05 bits per heavy atom. The van der Waals surface area contributed by atoms with Crippen LogP contribution in [0.5, 0.6) is 5.75 Å². The van der Waals surface area contributed by atoms with Gasteiger partial charge in [-0.1, -0.05) is 56.3 Å². The van der Waals surface area contributed by atoms with Gasteiger partial charge in [-0.2, -0.15) is 0 Å². The molecule has 0 bridgehead atoms. The highest BCUT2D eigenvalue weighted by Gasteiger charge is 2.05. The first-order valence-corrected chi connectivity index (χ1v) is 6.33. The lowest BCUT2D eigenvalue weighted by molar-refractivity contribution is 0.465. The van der Waals surface area contributed by atoms with Gasteiger partial charge in [0.2, 0.25) is 0 Å². The van der Waals surface area contributed by atoms with E-state index in [1.165, 1.54) is 6.07 Å². The molecule has 0 heterocycles. The molecule has 0 saturated carbocycles. The largest absolute Gasteiger partial charge is 0.508 e. The third-order valence-corrected chi connectivity index (χ3v) is 3.04. The molecule has 0 saturated heterocycles. The summed E-state index contributed by atoms with van der Waals surface area (Å²) in [4.78, 5) is 0. The zero-order chi connectivity index (χ0) is 13.8. The average molecular weight is 256 g/mol. The second kappa shape index (κ2) is 5.70. The number of phenols is 1. The maximum Gasteiger partial charge on any atom is 0.130 e. The summed E-state index contributed by atoms with van der Waals surface area (Å²) in [6.07, 6.45) is 3.50. The number of benzene rings is 2. The summed E-state index contributed by atoms with van der Waals surface area (Å²) in [6.45, 7) is 4.06. The highest BCUT2D eigenvalue weighted by atomic mass is 19.1. The van der Waals surface area contributed by atoms with Gasteiger partial charge in [-0.3, -0.25) is 0 Å². The molecule has 19 heavy (non-hydrogen) atoms. The molecule has 0 spiro atoms. The van der Waals surface area contributed by atoms with Crippen molar-refractivity contribution in [3.8, 4) is 5.75 Å². The summed E-state index contributed by atoms with van der Waals surface area (Å²) in [7, 11) is 0. The smallest absolute Gasteiger partial charge is 0.130 e. The molecule has 1 N–H and O–H groups in total. The van der Waals surface area contributed by atoms with Gasteiger partial charge in [0.25, 0.3) is 0 Å². The minimum atomic E-state index is -0.248. The van der Waals surface area contributed by atoms with Gasteiger partial charge in [0.05, 0.1) is 0 Å². The minimum absolute atomic E-state index is 0.248. The van der Waals surface area contributed by atoms with Crippen LogP contribution in [0.3, 0.4) is 0 Å². The Bertz CT molecular complexity index is 600. The highest BCUT2D eigenvalue weighted by molar-refractivity contribution is 5.70. The van der Waals surface area contributed by atoms with Crippen molar-refractivity contribution in [3.05, 3.63) is 65.0 Å². The Morgan fingerprint density at radius 2 is 1.79 bits per heavy atom. The van der Waals surface area contributed by atoms with Crippen LogP contribution in [0, 0.1) is 5.82 Å². The van der Waals surface area contributed by atoms with Crippen LogP contribution >= 0.6 is 0 Å². The zero-order valence-electron chi connectivity index (χ0n) is 11.1. The second-order valence-electron chi connectivity index (χ2n) is 4.83. The molecule has 2 rings (SSSR count). The van der Waals surface area contributed by atoms with Crippen LogP contribution in [-0.2, 0) is 0 Å². The van der Waals surface area contributed by atoms with Crippen LogP contribution < -0.4 is 0 Å². The Hall–Kier alpha value is -2.09. The van der Waals surface area contributed by atoms with E-state index in [-0.39, 0.29) is 17.5 Å². The van der Waals surface area contributed by atoms with Gasteiger partial charge in [0.1, 0.15) is 11.6 Å². The van der Waals surface area contributed by atoms with Crippen LogP contribution in [0.4, 0.5) is 4.39 Å². The molecule has 0 fully saturated rings. The van der Waals surface area contributed by atoms with E-state index < -0.39 is 0 Å². The minimum Gasteiger partial charge on any atom is -0.508 e. The van der Waals surface area contributed by atoms with Crippen molar-refractivity contribution in [2.75, 3.05) is 0 Å². The fraction of sp³-hybridized carbons (Fsp3) is 0.176. The van der Waals surface area contributed by atoms with E-state index in [0.717, 1.165) is 11.1 Å². The van der Waals surface area contributed by atoms with Crippen molar-refractivity contribution < 1.29 is 9.50 Å². The fourth-order valence-corrected chi connectivity index (χ4v) is 1.95. The molecule has 2 heteroatoms. The zero-order valence-corrected chi connectivity index (χ0v) is 11.1. The van der Waals surface area contributed by atoms with Crippen LogP contribution in [0.2, 0.25) is 0 Å². The van der Waals surface area contributed by atoms with E-state index in [1.807, 2.05) is 26.0 Å². The SMILES string of the molecule is CC(C)c1ccc(/C=C\c2ccccc2F)cc1O. The molecule has 1 nitrogen and oxygen atoms in total. The molecule has 0 aliphatic carbocycles. The maximum absolute atomic E-state index is 13.4. The van der Waals surface area contributed by atoms with Crippen LogP contribution in [0.1, 0.15) is 36.5 Å². The molecule has 2 aromatic rings. The number of rotatable bonds is 3. The average Bonchev–Trinajstić information content (AvgIpc) is 2.37. The molecule has 0 radical (unpaired) electrons. The quantitative estimate of drug-likeness (QED) is 0.780. The van der Waals surface area contributed by atoms with Gasteiger partial charge in [0, 0.05) is 5.56 Å². The van der Waals surface area contributed by atoms with E-state index >= 15 is 0 Å². The summed E-state index contributed by atoms with van der Waals surface area (Å²) in [5.74, 6) is 0.317. The normalized spacial score (nSPS) is 11.4. The lowest BCUT2D eigenvalue weighted by Gasteiger charge is -2.08. The van der Waals surface area contributed by atoms with Gasteiger partial charge in [-0.15, -0.1) is 0 Å². The Balaban J connectivity index is 2.25.